The number of aromatic nitrogens is 3. The summed E-state index contributed by atoms with van der Waals surface area (Å²) in [5.74, 6) is 0.224. The van der Waals surface area contributed by atoms with Gasteiger partial charge in [-0.3, -0.25) is 4.68 Å². The maximum Gasteiger partial charge on any atom is 0.573 e. The molecule has 1 aromatic heterocycles. The molecule has 1 aromatic carbocycles. The minimum atomic E-state index is -4.73. The van der Waals surface area contributed by atoms with Crippen molar-refractivity contribution in [1.82, 2.24) is 14.8 Å². The lowest BCUT2D eigenvalue weighted by atomic mass is 9.63. The van der Waals surface area contributed by atoms with Crippen LogP contribution in [0.3, 0.4) is 0 Å². The van der Waals surface area contributed by atoms with Crippen molar-refractivity contribution < 1.29 is 32.2 Å². The van der Waals surface area contributed by atoms with Crippen LogP contribution in [0.2, 0.25) is 0 Å². The number of nitrogens with zero attached hydrogens (tertiary/aromatic N) is 4. The molecule has 1 heterocycles. The lowest BCUT2D eigenvalue weighted by Crippen LogP contribution is -2.46. The summed E-state index contributed by atoms with van der Waals surface area (Å²) in [5, 5.41) is 8.67. The van der Waals surface area contributed by atoms with Gasteiger partial charge in [-0.25, -0.2) is 4.98 Å². The van der Waals surface area contributed by atoms with Crippen molar-refractivity contribution in [3.63, 3.8) is 0 Å². The van der Waals surface area contributed by atoms with Gasteiger partial charge in [-0.15, -0.1) is 13.2 Å². The quantitative estimate of drug-likeness (QED) is 0.481. The van der Waals surface area contributed by atoms with E-state index in [0.717, 1.165) is 25.0 Å². The Morgan fingerprint density at radius 3 is 2.52 bits per heavy atom. The Hall–Kier alpha value is -2.82. The van der Waals surface area contributed by atoms with E-state index in [1.807, 2.05) is 0 Å². The van der Waals surface area contributed by atoms with Crippen LogP contribution in [0.1, 0.15) is 26.2 Å². The minimum absolute atomic E-state index is 0.0323. The van der Waals surface area contributed by atoms with Crippen molar-refractivity contribution in [1.29, 1.82) is 0 Å². The van der Waals surface area contributed by atoms with Gasteiger partial charge in [0.1, 0.15) is 31.3 Å². The first-order chi connectivity index (χ1) is 15.7. The normalized spacial score (nSPS) is 24.6. The van der Waals surface area contributed by atoms with E-state index in [0.29, 0.717) is 25.5 Å². The second-order valence-electron chi connectivity index (χ2n) is 8.32. The molecule has 0 saturated heterocycles. The number of methoxy groups -OCH3 is 1. The number of halogens is 3. The highest BCUT2D eigenvalue weighted by molar-refractivity contribution is 5.92. The number of hydrogen-bond donors (Lipinski definition) is 0. The van der Waals surface area contributed by atoms with Gasteiger partial charge in [-0.05, 0) is 43.5 Å². The molecule has 0 spiro atoms. The molecule has 1 saturated carbocycles. The molecule has 33 heavy (non-hydrogen) atoms. The Bertz CT molecular complexity index is 890. The van der Waals surface area contributed by atoms with Gasteiger partial charge >= 0.3 is 6.36 Å². The van der Waals surface area contributed by atoms with E-state index in [1.165, 1.54) is 37.7 Å². The van der Waals surface area contributed by atoms with Crippen molar-refractivity contribution in [3.05, 3.63) is 36.9 Å². The summed E-state index contributed by atoms with van der Waals surface area (Å²) in [6, 6.07) is 5.39. The topological polar surface area (TPSA) is 80.0 Å². The van der Waals surface area contributed by atoms with Crippen LogP contribution in [0, 0.1) is 17.3 Å². The smallest absolute Gasteiger partial charge is 0.493 e. The van der Waals surface area contributed by atoms with Gasteiger partial charge in [-0.2, -0.15) is 5.10 Å². The molecule has 3 unspecified atom stereocenters. The molecule has 0 bridgehead atoms. The van der Waals surface area contributed by atoms with Crippen LogP contribution in [0.15, 0.2) is 42.1 Å². The predicted molar refractivity (Wildman–Crippen MR) is 114 cm³/mol. The van der Waals surface area contributed by atoms with Crippen molar-refractivity contribution in [2.24, 2.45) is 22.4 Å². The van der Waals surface area contributed by atoms with Crippen molar-refractivity contribution in [2.75, 3.05) is 27.4 Å². The Kier molecular flexibility index (Phi) is 8.17. The Balaban J connectivity index is 1.76. The third kappa shape index (κ3) is 6.83. The molecule has 1 aliphatic rings. The van der Waals surface area contributed by atoms with Gasteiger partial charge in [0.15, 0.2) is 0 Å². The van der Waals surface area contributed by atoms with Gasteiger partial charge in [0, 0.05) is 31.0 Å². The number of alkyl halides is 3. The largest absolute Gasteiger partial charge is 0.573 e. The minimum Gasteiger partial charge on any atom is -0.493 e. The zero-order valence-corrected chi connectivity index (χ0v) is 18.9. The van der Waals surface area contributed by atoms with Crippen molar-refractivity contribution in [3.8, 4) is 11.5 Å². The average molecular weight is 470 g/mol. The number of oxime groups is 1. The van der Waals surface area contributed by atoms with Crippen LogP contribution in [0.4, 0.5) is 13.2 Å². The van der Waals surface area contributed by atoms with Crippen LogP contribution in [-0.4, -0.2) is 54.3 Å². The molecule has 3 atom stereocenters. The summed E-state index contributed by atoms with van der Waals surface area (Å²) in [5.41, 5.74) is 0.719. The maximum atomic E-state index is 12.4. The maximum absolute atomic E-state index is 12.4. The third-order valence-electron chi connectivity index (χ3n) is 6.02. The number of ether oxygens (including phenoxy) is 3. The zero-order valence-electron chi connectivity index (χ0n) is 18.9. The fraction of sp³-hybridized carbons (Fsp3) is 0.591. The van der Waals surface area contributed by atoms with E-state index in [-0.39, 0.29) is 23.0 Å². The Morgan fingerprint density at radius 1 is 1.18 bits per heavy atom. The molecular weight excluding hydrogens is 441 g/mol. The van der Waals surface area contributed by atoms with E-state index < -0.39 is 6.36 Å². The highest BCUT2D eigenvalue weighted by Crippen LogP contribution is 2.43. The van der Waals surface area contributed by atoms with Crippen LogP contribution in [0.5, 0.6) is 11.5 Å². The summed E-state index contributed by atoms with van der Waals surface area (Å²) in [4.78, 5) is 9.26. The third-order valence-corrected chi connectivity index (χ3v) is 6.02. The van der Waals surface area contributed by atoms with Crippen molar-refractivity contribution >= 4 is 5.71 Å². The average Bonchev–Trinajstić information content (AvgIpc) is 3.28. The standard InChI is InChI=1S/C22H29F3N4O4/c1-21(10-11-30-2)9-8-16(19(20(21)28-31-3)12-29-15-26-14-27-29)13-32-17-4-6-18(7-5-17)33-22(23,24)25/h4-7,14-16,19H,8-13H2,1-3H3. The summed E-state index contributed by atoms with van der Waals surface area (Å²) < 4.78 is 54.1. The molecular formula is C22H29F3N4O4. The lowest BCUT2D eigenvalue weighted by Gasteiger charge is -2.43. The molecule has 1 fully saturated rings. The van der Waals surface area contributed by atoms with Crippen molar-refractivity contribution in [2.45, 2.75) is 39.1 Å². The highest BCUT2D eigenvalue weighted by atomic mass is 19.4. The van der Waals surface area contributed by atoms with E-state index in [9.17, 15) is 13.2 Å². The summed E-state index contributed by atoms with van der Waals surface area (Å²) in [6.45, 7) is 3.68. The number of hydrogen-bond acceptors (Lipinski definition) is 7. The van der Waals surface area contributed by atoms with E-state index in [2.05, 4.69) is 26.9 Å². The first-order valence-corrected chi connectivity index (χ1v) is 10.7. The number of benzene rings is 1. The monoisotopic (exact) mass is 470 g/mol. The zero-order chi connectivity index (χ0) is 23.9. The Labute approximate surface area is 190 Å². The molecule has 182 valence electrons. The summed E-state index contributed by atoms with van der Waals surface area (Å²) in [7, 11) is 3.20. The van der Waals surface area contributed by atoms with Crippen LogP contribution in [-0.2, 0) is 16.1 Å². The van der Waals surface area contributed by atoms with E-state index in [1.54, 1.807) is 18.1 Å². The SMILES string of the molecule is COCCC1(C)CCC(COc2ccc(OC(F)(F)F)cc2)C(Cn2cncn2)C1=NOC. The van der Waals surface area contributed by atoms with Gasteiger partial charge in [-0.1, -0.05) is 12.1 Å². The molecule has 0 N–H and O–H groups in total. The van der Waals surface area contributed by atoms with Crippen LogP contribution in [0.25, 0.3) is 0 Å². The second-order valence-corrected chi connectivity index (χ2v) is 8.32. The summed E-state index contributed by atoms with van der Waals surface area (Å²) >= 11 is 0. The molecule has 3 rings (SSSR count). The fourth-order valence-corrected chi connectivity index (χ4v) is 4.27. The fourth-order valence-electron chi connectivity index (χ4n) is 4.27. The van der Waals surface area contributed by atoms with Crippen LogP contribution < -0.4 is 9.47 Å². The first-order valence-electron chi connectivity index (χ1n) is 10.7. The molecule has 8 nitrogen and oxygen atoms in total. The first kappa shape index (κ1) is 24.8. The van der Waals surface area contributed by atoms with Gasteiger partial charge in [0.25, 0.3) is 0 Å². The highest BCUT2D eigenvalue weighted by Gasteiger charge is 2.44. The second kappa shape index (κ2) is 10.9. The van der Waals surface area contributed by atoms with Crippen LogP contribution >= 0.6 is 0 Å². The van der Waals surface area contributed by atoms with E-state index in [4.69, 9.17) is 14.3 Å². The molecule has 11 heteroatoms. The van der Waals surface area contributed by atoms with Gasteiger partial charge in [0.2, 0.25) is 0 Å². The molecule has 0 amide bonds. The van der Waals surface area contributed by atoms with Gasteiger partial charge < -0.3 is 19.0 Å². The molecule has 1 aliphatic carbocycles. The van der Waals surface area contributed by atoms with Gasteiger partial charge in [0.05, 0.1) is 18.9 Å². The lowest BCUT2D eigenvalue weighted by molar-refractivity contribution is -0.274. The molecule has 0 radical (unpaired) electrons. The summed E-state index contributed by atoms with van der Waals surface area (Å²) in [6.07, 6.45) is 0.953. The van der Waals surface area contributed by atoms with E-state index >= 15 is 0 Å². The molecule has 2 aromatic rings. The molecule has 0 aliphatic heterocycles. The predicted octanol–water partition coefficient (Wildman–Crippen LogP) is 4.33. The number of rotatable bonds is 10. The Morgan fingerprint density at radius 2 is 1.91 bits per heavy atom.